The van der Waals surface area contributed by atoms with Crippen LogP contribution in [0.1, 0.15) is 19.7 Å². The van der Waals surface area contributed by atoms with Crippen molar-refractivity contribution >= 4 is 11.2 Å². The fraction of sp³-hybridized carbons (Fsp3) is 0.706. The summed E-state index contributed by atoms with van der Waals surface area (Å²) < 4.78 is 15.4. The Hall–Kier alpha value is -1.97. The second-order valence-corrected chi connectivity index (χ2v) is 7.00. The maximum absolute atomic E-state index is 12.7. The maximum atomic E-state index is 12.7. The molecule has 3 rings (SSSR count). The predicted octanol–water partition coefficient (Wildman–Crippen LogP) is -0.311. The number of ether oxygens (including phenoxy) is 2. The maximum Gasteiger partial charge on any atom is 0.332 e. The Kier molecular flexibility index (Phi) is 5.31. The van der Waals surface area contributed by atoms with Crippen LogP contribution in [0, 0.1) is 0 Å². The van der Waals surface area contributed by atoms with E-state index in [9.17, 15) is 9.59 Å². The molecule has 9 heteroatoms. The highest BCUT2D eigenvalue weighted by atomic mass is 16.5. The first-order valence-corrected chi connectivity index (χ1v) is 8.85. The average molecular weight is 365 g/mol. The van der Waals surface area contributed by atoms with E-state index in [1.807, 2.05) is 4.57 Å². The lowest BCUT2D eigenvalue weighted by atomic mass is 10.2. The Labute approximate surface area is 151 Å². The highest BCUT2D eigenvalue weighted by Crippen LogP contribution is 2.17. The summed E-state index contributed by atoms with van der Waals surface area (Å²) >= 11 is 0. The minimum Gasteiger partial charge on any atom is -0.383 e. The Bertz CT molecular complexity index is 902. The summed E-state index contributed by atoms with van der Waals surface area (Å²) in [6.45, 7) is 7.26. The summed E-state index contributed by atoms with van der Waals surface area (Å²) in [6.07, 6.45) is 0.292. The molecule has 2 aromatic heterocycles. The molecule has 26 heavy (non-hydrogen) atoms. The van der Waals surface area contributed by atoms with Gasteiger partial charge in [0.05, 0.1) is 25.4 Å². The van der Waals surface area contributed by atoms with Crippen LogP contribution < -0.4 is 11.2 Å². The van der Waals surface area contributed by atoms with Gasteiger partial charge >= 0.3 is 5.69 Å². The summed E-state index contributed by atoms with van der Waals surface area (Å²) in [5.41, 5.74) is 0.148. The van der Waals surface area contributed by atoms with Gasteiger partial charge in [-0.2, -0.15) is 0 Å². The molecule has 0 amide bonds. The quantitative estimate of drug-likeness (QED) is 0.723. The summed E-state index contributed by atoms with van der Waals surface area (Å²) in [6, 6.07) is 0. The third kappa shape index (κ3) is 3.34. The van der Waals surface area contributed by atoms with E-state index in [1.54, 1.807) is 14.2 Å². The number of fused-ring (bicyclic) bond motifs is 1. The number of hydrogen-bond donors (Lipinski definition) is 0. The number of hydrogen-bond acceptors (Lipinski definition) is 6. The van der Waals surface area contributed by atoms with Gasteiger partial charge < -0.3 is 14.0 Å². The molecule has 2 unspecified atom stereocenters. The minimum atomic E-state index is -0.376. The molecule has 0 N–H and O–H groups in total. The summed E-state index contributed by atoms with van der Waals surface area (Å²) in [5.74, 6) is 0.761. The van der Waals surface area contributed by atoms with E-state index < -0.39 is 0 Å². The highest BCUT2D eigenvalue weighted by molar-refractivity contribution is 5.71. The monoisotopic (exact) mass is 365 g/mol. The van der Waals surface area contributed by atoms with Crippen molar-refractivity contribution in [3.05, 3.63) is 26.7 Å². The van der Waals surface area contributed by atoms with Gasteiger partial charge in [0, 0.05) is 40.8 Å². The second kappa shape index (κ2) is 7.34. The van der Waals surface area contributed by atoms with E-state index >= 15 is 0 Å². The molecule has 1 saturated heterocycles. The van der Waals surface area contributed by atoms with Crippen molar-refractivity contribution in [3.8, 4) is 0 Å². The molecule has 2 atom stereocenters. The predicted molar refractivity (Wildman–Crippen MR) is 97.4 cm³/mol. The Balaban J connectivity index is 2.09. The van der Waals surface area contributed by atoms with Crippen LogP contribution in [0.25, 0.3) is 11.2 Å². The average Bonchev–Trinajstić information content (AvgIpc) is 2.93. The number of imidazole rings is 1. The van der Waals surface area contributed by atoms with Crippen LogP contribution >= 0.6 is 0 Å². The molecule has 3 heterocycles. The number of morpholine rings is 1. The third-order valence-corrected chi connectivity index (χ3v) is 4.81. The molecule has 144 valence electrons. The van der Waals surface area contributed by atoms with Crippen LogP contribution in [0.5, 0.6) is 0 Å². The molecule has 1 fully saturated rings. The van der Waals surface area contributed by atoms with Gasteiger partial charge in [0.15, 0.2) is 11.2 Å². The highest BCUT2D eigenvalue weighted by Gasteiger charge is 2.25. The molecule has 0 aromatic carbocycles. The van der Waals surface area contributed by atoms with Crippen LogP contribution in [0.4, 0.5) is 0 Å². The van der Waals surface area contributed by atoms with Crippen LogP contribution in [0.15, 0.2) is 9.59 Å². The Morgan fingerprint density at radius 2 is 1.81 bits per heavy atom. The van der Waals surface area contributed by atoms with E-state index in [0.717, 1.165) is 23.5 Å². The molecule has 0 radical (unpaired) electrons. The van der Waals surface area contributed by atoms with Crippen LogP contribution in [0.3, 0.4) is 0 Å². The molecule has 1 aliphatic heterocycles. The lowest BCUT2D eigenvalue weighted by Gasteiger charge is -2.35. The van der Waals surface area contributed by atoms with E-state index in [2.05, 4.69) is 23.7 Å². The summed E-state index contributed by atoms with van der Waals surface area (Å²) in [5, 5.41) is 0. The zero-order valence-corrected chi connectivity index (χ0v) is 16.1. The first kappa shape index (κ1) is 18.8. The SMILES string of the molecule is COCCn1c(CN2CC(C)OC(C)C2)nc2c1c(=O)n(C)c(=O)n2C. The van der Waals surface area contributed by atoms with E-state index in [0.29, 0.717) is 30.9 Å². The van der Waals surface area contributed by atoms with Crippen molar-refractivity contribution in [1.29, 1.82) is 0 Å². The van der Waals surface area contributed by atoms with Crippen LogP contribution in [0.2, 0.25) is 0 Å². The molecule has 0 spiro atoms. The number of aryl methyl sites for hydroxylation is 1. The molecule has 0 aliphatic carbocycles. The van der Waals surface area contributed by atoms with E-state index in [1.165, 1.54) is 11.6 Å². The lowest BCUT2D eigenvalue weighted by molar-refractivity contribution is -0.0713. The van der Waals surface area contributed by atoms with Crippen molar-refractivity contribution in [2.75, 3.05) is 26.8 Å². The molecule has 1 aliphatic rings. The Morgan fingerprint density at radius 3 is 2.42 bits per heavy atom. The molecule has 2 aromatic rings. The van der Waals surface area contributed by atoms with Crippen molar-refractivity contribution in [1.82, 2.24) is 23.6 Å². The molecule has 0 saturated carbocycles. The first-order chi connectivity index (χ1) is 12.3. The summed E-state index contributed by atoms with van der Waals surface area (Å²) in [4.78, 5) is 31.9. The van der Waals surface area contributed by atoms with Crippen LogP contribution in [-0.2, 0) is 36.7 Å². The zero-order chi connectivity index (χ0) is 19.0. The zero-order valence-electron chi connectivity index (χ0n) is 16.1. The van der Waals surface area contributed by atoms with Gasteiger partial charge in [-0.25, -0.2) is 9.78 Å². The van der Waals surface area contributed by atoms with Gasteiger partial charge in [-0.05, 0) is 13.8 Å². The normalized spacial score (nSPS) is 21.6. The number of aromatic nitrogens is 4. The topological polar surface area (TPSA) is 83.5 Å². The smallest absolute Gasteiger partial charge is 0.332 e. The van der Waals surface area contributed by atoms with Gasteiger partial charge in [0.1, 0.15) is 5.82 Å². The van der Waals surface area contributed by atoms with Crippen molar-refractivity contribution < 1.29 is 9.47 Å². The first-order valence-electron chi connectivity index (χ1n) is 8.85. The van der Waals surface area contributed by atoms with Gasteiger partial charge in [-0.1, -0.05) is 0 Å². The van der Waals surface area contributed by atoms with Crippen LogP contribution in [-0.4, -0.2) is 62.6 Å². The Morgan fingerprint density at radius 1 is 1.15 bits per heavy atom. The molecular weight excluding hydrogens is 338 g/mol. The van der Waals surface area contributed by atoms with Crippen molar-refractivity contribution in [2.45, 2.75) is 39.1 Å². The van der Waals surface area contributed by atoms with Gasteiger partial charge in [0.25, 0.3) is 5.56 Å². The van der Waals surface area contributed by atoms with Gasteiger partial charge in [-0.15, -0.1) is 0 Å². The third-order valence-electron chi connectivity index (χ3n) is 4.81. The van der Waals surface area contributed by atoms with E-state index in [4.69, 9.17) is 9.47 Å². The molecular formula is C17H27N5O4. The number of methoxy groups -OCH3 is 1. The lowest BCUT2D eigenvalue weighted by Crippen LogP contribution is -2.45. The van der Waals surface area contributed by atoms with E-state index in [-0.39, 0.29) is 23.5 Å². The number of rotatable bonds is 5. The van der Waals surface area contributed by atoms with Gasteiger partial charge in [-0.3, -0.25) is 18.8 Å². The molecule has 9 nitrogen and oxygen atoms in total. The fourth-order valence-corrected chi connectivity index (χ4v) is 3.65. The number of nitrogens with zero attached hydrogens (tertiary/aromatic N) is 5. The van der Waals surface area contributed by atoms with Crippen molar-refractivity contribution in [3.63, 3.8) is 0 Å². The van der Waals surface area contributed by atoms with Crippen molar-refractivity contribution in [2.24, 2.45) is 14.1 Å². The fourth-order valence-electron chi connectivity index (χ4n) is 3.65. The summed E-state index contributed by atoms with van der Waals surface area (Å²) in [7, 11) is 4.75. The second-order valence-electron chi connectivity index (χ2n) is 7.00. The largest absolute Gasteiger partial charge is 0.383 e. The van der Waals surface area contributed by atoms with Gasteiger partial charge in [0.2, 0.25) is 0 Å². The molecule has 0 bridgehead atoms. The minimum absolute atomic E-state index is 0.146. The standard InChI is InChI=1S/C17H27N5O4/c1-11-8-21(9-12(2)26-11)10-13-18-15-14(22(13)6-7-25-5)16(23)20(4)17(24)19(15)3/h11-12H,6-10H2,1-5H3.